The van der Waals surface area contributed by atoms with Crippen molar-refractivity contribution in [1.29, 1.82) is 0 Å². The van der Waals surface area contributed by atoms with Gasteiger partial charge < -0.3 is 0 Å². The van der Waals surface area contributed by atoms with Crippen molar-refractivity contribution >= 4 is 34.2 Å². The van der Waals surface area contributed by atoms with Crippen LogP contribution < -0.4 is 0 Å². The predicted octanol–water partition coefficient (Wildman–Crippen LogP) is 4.33. The van der Waals surface area contributed by atoms with Crippen molar-refractivity contribution in [2.24, 2.45) is 0 Å². The molecule has 2 rings (SSSR count). The minimum atomic E-state index is 0.288. The number of fused-ring (bicyclic) bond motifs is 1. The van der Waals surface area contributed by atoms with E-state index in [-0.39, 0.29) is 3.42 Å². The molecule has 0 radical (unpaired) electrons. The van der Waals surface area contributed by atoms with Crippen molar-refractivity contribution in [2.75, 3.05) is 0 Å². The third-order valence-corrected chi connectivity index (χ3v) is 4.23. The Hall–Kier alpha value is 0.240. The molecule has 0 saturated carbocycles. The second kappa shape index (κ2) is 3.43. The van der Waals surface area contributed by atoms with Gasteiger partial charge in [0, 0.05) is 8.44 Å². The Labute approximate surface area is 97.8 Å². The highest BCUT2D eigenvalue weighted by Crippen LogP contribution is 2.44. The molecule has 1 aromatic carbocycles. The monoisotopic (exact) mass is 306 g/mol. The molecule has 0 N–H and O–H groups in total. The van der Waals surface area contributed by atoms with Crippen LogP contribution in [0.3, 0.4) is 0 Å². The zero-order valence-electron chi connectivity index (χ0n) is 7.61. The van der Waals surface area contributed by atoms with Gasteiger partial charge in [0.25, 0.3) is 0 Å². The molecule has 0 heterocycles. The first-order chi connectivity index (χ1) is 6.11. The molecule has 0 aliphatic heterocycles. The molecule has 0 amide bonds. The van der Waals surface area contributed by atoms with E-state index in [0.717, 1.165) is 11.4 Å². The lowest BCUT2D eigenvalue weighted by molar-refractivity contribution is 0.569. The Morgan fingerprint density at radius 1 is 1.46 bits per heavy atom. The summed E-state index contributed by atoms with van der Waals surface area (Å²) in [7, 11) is 0. The highest BCUT2D eigenvalue weighted by molar-refractivity contribution is 14.1. The number of rotatable bonds is 0. The van der Waals surface area contributed by atoms with E-state index in [4.69, 9.17) is 11.6 Å². The van der Waals surface area contributed by atoms with E-state index in [1.165, 1.54) is 24.0 Å². The smallest absolute Gasteiger partial charge is 0.0445 e. The molecule has 13 heavy (non-hydrogen) atoms. The van der Waals surface area contributed by atoms with Gasteiger partial charge in [-0.1, -0.05) is 46.3 Å². The molecule has 1 atom stereocenters. The molecule has 0 saturated heterocycles. The average Bonchev–Trinajstić information content (AvgIpc) is 2.06. The van der Waals surface area contributed by atoms with Crippen LogP contribution in [0.25, 0.3) is 0 Å². The largest absolute Gasteiger partial charge is 0.0840 e. The van der Waals surface area contributed by atoms with Gasteiger partial charge in [-0.3, -0.25) is 0 Å². The number of hydrogen-bond acceptors (Lipinski definition) is 0. The second-order valence-electron chi connectivity index (χ2n) is 3.82. The number of hydrogen-bond donors (Lipinski definition) is 0. The minimum absolute atomic E-state index is 0.288. The molecule has 1 aromatic rings. The molecule has 1 aliphatic carbocycles. The molecular weight excluding hydrogens is 294 g/mol. The average molecular weight is 307 g/mol. The first-order valence-electron chi connectivity index (χ1n) is 4.58. The fourth-order valence-corrected chi connectivity index (χ4v) is 3.19. The highest BCUT2D eigenvalue weighted by Gasteiger charge is 2.29. The molecule has 0 aromatic heterocycles. The summed E-state index contributed by atoms with van der Waals surface area (Å²) in [5, 5.41) is 0.945. The lowest BCUT2D eigenvalue weighted by Crippen LogP contribution is -2.20. The topological polar surface area (TPSA) is 0 Å². The zero-order valence-corrected chi connectivity index (χ0v) is 10.5. The normalized spacial score (nSPS) is 27.0. The summed E-state index contributed by atoms with van der Waals surface area (Å²) >= 11 is 8.71. The van der Waals surface area contributed by atoms with Crippen LogP contribution >= 0.6 is 34.2 Å². The van der Waals surface area contributed by atoms with Gasteiger partial charge in [0.15, 0.2) is 0 Å². The van der Waals surface area contributed by atoms with Gasteiger partial charge in [-0.25, -0.2) is 0 Å². The Kier molecular flexibility index (Phi) is 2.58. The van der Waals surface area contributed by atoms with Crippen molar-refractivity contribution in [3.05, 3.63) is 34.3 Å². The van der Waals surface area contributed by atoms with E-state index in [0.29, 0.717) is 0 Å². The second-order valence-corrected chi connectivity index (χ2v) is 6.61. The third-order valence-electron chi connectivity index (χ3n) is 2.75. The zero-order chi connectivity index (χ0) is 9.47. The molecular formula is C11H12ClI. The van der Waals surface area contributed by atoms with E-state index in [1.54, 1.807) is 0 Å². The van der Waals surface area contributed by atoms with Crippen LogP contribution in [0.15, 0.2) is 18.2 Å². The quantitative estimate of drug-likeness (QED) is 0.494. The van der Waals surface area contributed by atoms with Crippen molar-refractivity contribution in [1.82, 2.24) is 0 Å². The molecule has 70 valence electrons. The van der Waals surface area contributed by atoms with Gasteiger partial charge in [-0.15, -0.1) is 0 Å². The van der Waals surface area contributed by atoms with Gasteiger partial charge in [0.1, 0.15) is 0 Å². The lowest BCUT2D eigenvalue weighted by Gasteiger charge is -2.31. The molecule has 1 unspecified atom stereocenters. The van der Waals surface area contributed by atoms with Crippen LogP contribution in [0, 0.1) is 0 Å². The summed E-state index contributed by atoms with van der Waals surface area (Å²) in [6, 6.07) is 6.27. The van der Waals surface area contributed by atoms with E-state index >= 15 is 0 Å². The SMILES string of the molecule is CC1(I)CCCc2c(Cl)cccc21. The molecule has 0 bridgehead atoms. The lowest BCUT2D eigenvalue weighted by atomic mass is 9.84. The first-order valence-corrected chi connectivity index (χ1v) is 6.04. The van der Waals surface area contributed by atoms with Gasteiger partial charge in [0.05, 0.1) is 0 Å². The third kappa shape index (κ3) is 1.73. The summed E-state index contributed by atoms with van der Waals surface area (Å²) in [5.41, 5.74) is 2.80. The van der Waals surface area contributed by atoms with E-state index in [9.17, 15) is 0 Å². The number of alkyl halides is 1. The first kappa shape index (κ1) is 9.78. The standard InChI is InChI=1S/C11H12ClI/c1-11(13)7-3-4-8-9(11)5-2-6-10(8)12/h2,5-6H,3-4,7H2,1H3. The van der Waals surface area contributed by atoms with E-state index < -0.39 is 0 Å². The van der Waals surface area contributed by atoms with Crippen LogP contribution in [0.4, 0.5) is 0 Å². The van der Waals surface area contributed by atoms with Crippen LogP contribution in [0.2, 0.25) is 5.02 Å². The maximum absolute atomic E-state index is 6.17. The Morgan fingerprint density at radius 3 is 2.92 bits per heavy atom. The number of benzene rings is 1. The minimum Gasteiger partial charge on any atom is -0.0840 e. The Bertz CT molecular complexity index is 331. The molecule has 2 heteroatoms. The summed E-state index contributed by atoms with van der Waals surface area (Å²) < 4.78 is 0.288. The Balaban J connectivity index is 2.58. The van der Waals surface area contributed by atoms with Gasteiger partial charge in [0.2, 0.25) is 0 Å². The van der Waals surface area contributed by atoms with Crippen molar-refractivity contribution in [3.8, 4) is 0 Å². The maximum Gasteiger partial charge on any atom is 0.0445 e. The van der Waals surface area contributed by atoms with Crippen LogP contribution in [0.1, 0.15) is 30.9 Å². The predicted molar refractivity (Wildman–Crippen MR) is 65.8 cm³/mol. The Morgan fingerprint density at radius 2 is 2.23 bits per heavy atom. The van der Waals surface area contributed by atoms with Crippen LogP contribution in [-0.2, 0) is 9.84 Å². The maximum atomic E-state index is 6.17. The molecule has 1 aliphatic rings. The van der Waals surface area contributed by atoms with Crippen LogP contribution in [0.5, 0.6) is 0 Å². The summed E-state index contributed by atoms with van der Waals surface area (Å²) in [6.45, 7) is 2.29. The fraction of sp³-hybridized carbons (Fsp3) is 0.455. The van der Waals surface area contributed by atoms with Crippen molar-refractivity contribution < 1.29 is 0 Å². The van der Waals surface area contributed by atoms with Crippen LogP contribution in [-0.4, -0.2) is 0 Å². The molecule has 0 nitrogen and oxygen atoms in total. The number of halogens is 2. The van der Waals surface area contributed by atoms with Gasteiger partial charge in [-0.05, 0) is 43.4 Å². The summed E-state index contributed by atoms with van der Waals surface area (Å²) in [4.78, 5) is 0. The highest BCUT2D eigenvalue weighted by atomic mass is 127. The fourth-order valence-electron chi connectivity index (χ4n) is 2.03. The van der Waals surface area contributed by atoms with Crippen molar-refractivity contribution in [2.45, 2.75) is 29.6 Å². The van der Waals surface area contributed by atoms with E-state index in [1.807, 2.05) is 6.07 Å². The van der Waals surface area contributed by atoms with E-state index in [2.05, 4.69) is 41.6 Å². The van der Waals surface area contributed by atoms with Gasteiger partial charge in [-0.2, -0.15) is 0 Å². The molecule has 0 spiro atoms. The van der Waals surface area contributed by atoms with Crippen molar-refractivity contribution in [3.63, 3.8) is 0 Å². The molecule has 0 fully saturated rings. The summed E-state index contributed by atoms with van der Waals surface area (Å²) in [5.74, 6) is 0. The summed E-state index contributed by atoms with van der Waals surface area (Å²) in [6.07, 6.45) is 3.67. The van der Waals surface area contributed by atoms with Gasteiger partial charge >= 0.3 is 0 Å².